The number of aromatic nitrogens is 3. The zero-order valence-electron chi connectivity index (χ0n) is 15.2. The lowest BCUT2D eigenvalue weighted by Gasteiger charge is -2.32. The second-order valence-electron chi connectivity index (χ2n) is 7.09. The van der Waals surface area contributed by atoms with Crippen LogP contribution in [0.15, 0.2) is 61.1 Å². The molecular weight excluding hydrogens is 320 g/mol. The molecule has 1 aliphatic heterocycles. The van der Waals surface area contributed by atoms with Gasteiger partial charge < -0.3 is 0 Å². The average Bonchev–Trinajstić information content (AvgIpc) is 2.69. The SMILES string of the molecule is Cc1cccc(-c2cncc([C@H]3CCCN(Cc4ccccn4)C3)n2)c1. The summed E-state index contributed by atoms with van der Waals surface area (Å²) in [5.41, 5.74) is 5.59. The standard InChI is InChI=1S/C22H24N4/c1-17-6-4-7-18(12-17)21-13-23-14-22(25-21)19-8-5-11-26(15-19)16-20-9-2-3-10-24-20/h2-4,6-7,9-10,12-14,19H,5,8,11,15-16H2,1H3/t19-/m0/s1. The normalized spacial score (nSPS) is 18.0. The summed E-state index contributed by atoms with van der Waals surface area (Å²) in [5, 5.41) is 0. The first kappa shape index (κ1) is 16.9. The monoisotopic (exact) mass is 344 g/mol. The third-order valence-corrected chi connectivity index (χ3v) is 5.00. The number of hydrogen-bond donors (Lipinski definition) is 0. The number of benzene rings is 1. The first-order chi connectivity index (χ1) is 12.8. The van der Waals surface area contributed by atoms with Crippen LogP contribution in [0.1, 0.15) is 35.7 Å². The van der Waals surface area contributed by atoms with Gasteiger partial charge in [-0.2, -0.15) is 0 Å². The van der Waals surface area contributed by atoms with E-state index < -0.39 is 0 Å². The van der Waals surface area contributed by atoms with E-state index in [0.29, 0.717) is 5.92 Å². The predicted molar refractivity (Wildman–Crippen MR) is 104 cm³/mol. The first-order valence-corrected chi connectivity index (χ1v) is 9.29. The summed E-state index contributed by atoms with van der Waals surface area (Å²) in [7, 11) is 0. The van der Waals surface area contributed by atoms with Gasteiger partial charge in [-0.05, 0) is 44.5 Å². The van der Waals surface area contributed by atoms with Gasteiger partial charge in [0.1, 0.15) is 0 Å². The average molecular weight is 344 g/mol. The summed E-state index contributed by atoms with van der Waals surface area (Å²) >= 11 is 0. The number of rotatable bonds is 4. The summed E-state index contributed by atoms with van der Waals surface area (Å²) < 4.78 is 0. The molecule has 2 aromatic heterocycles. The molecule has 1 saturated heterocycles. The Kier molecular flexibility index (Phi) is 5.02. The summed E-state index contributed by atoms with van der Waals surface area (Å²) in [6.45, 7) is 5.15. The van der Waals surface area contributed by atoms with Gasteiger partial charge in [0.2, 0.25) is 0 Å². The Labute approximate surface area is 155 Å². The third kappa shape index (κ3) is 3.97. The maximum atomic E-state index is 4.94. The molecule has 0 saturated carbocycles. The molecule has 1 aromatic carbocycles. The Morgan fingerprint density at radius 2 is 2.08 bits per heavy atom. The molecule has 26 heavy (non-hydrogen) atoms. The Morgan fingerprint density at radius 1 is 1.12 bits per heavy atom. The fourth-order valence-electron chi connectivity index (χ4n) is 3.68. The minimum Gasteiger partial charge on any atom is -0.297 e. The molecule has 4 rings (SSSR count). The highest BCUT2D eigenvalue weighted by molar-refractivity contribution is 5.59. The Balaban J connectivity index is 1.51. The molecule has 3 aromatic rings. The van der Waals surface area contributed by atoms with E-state index in [0.717, 1.165) is 42.3 Å². The topological polar surface area (TPSA) is 41.9 Å². The van der Waals surface area contributed by atoms with Crippen LogP contribution >= 0.6 is 0 Å². The van der Waals surface area contributed by atoms with Gasteiger partial charge >= 0.3 is 0 Å². The van der Waals surface area contributed by atoms with Crippen molar-refractivity contribution in [3.8, 4) is 11.3 Å². The lowest BCUT2D eigenvalue weighted by Crippen LogP contribution is -2.34. The molecule has 0 N–H and O–H groups in total. The second kappa shape index (κ2) is 7.75. The predicted octanol–water partition coefficient (Wildman–Crippen LogP) is 4.23. The summed E-state index contributed by atoms with van der Waals surface area (Å²) in [5.74, 6) is 0.435. The summed E-state index contributed by atoms with van der Waals surface area (Å²) in [4.78, 5) is 16.4. The molecule has 0 amide bonds. The van der Waals surface area contributed by atoms with Crippen LogP contribution in [-0.4, -0.2) is 32.9 Å². The van der Waals surface area contributed by atoms with E-state index in [1.165, 1.54) is 18.4 Å². The lowest BCUT2D eigenvalue weighted by molar-refractivity contribution is 0.196. The molecule has 0 spiro atoms. The molecule has 132 valence electrons. The highest BCUT2D eigenvalue weighted by atomic mass is 15.1. The van der Waals surface area contributed by atoms with Gasteiger partial charge in [0, 0.05) is 37.0 Å². The zero-order valence-corrected chi connectivity index (χ0v) is 15.2. The molecule has 0 unspecified atom stereocenters. The number of aryl methyl sites for hydroxylation is 1. The van der Waals surface area contributed by atoms with Crippen molar-refractivity contribution in [2.45, 2.75) is 32.2 Å². The van der Waals surface area contributed by atoms with Crippen molar-refractivity contribution in [2.24, 2.45) is 0 Å². The maximum Gasteiger partial charge on any atom is 0.0888 e. The van der Waals surface area contributed by atoms with Crippen LogP contribution in [0.25, 0.3) is 11.3 Å². The van der Waals surface area contributed by atoms with Gasteiger partial charge in [-0.15, -0.1) is 0 Å². The molecule has 1 atom stereocenters. The van der Waals surface area contributed by atoms with Crippen LogP contribution in [0.3, 0.4) is 0 Å². The largest absolute Gasteiger partial charge is 0.297 e. The second-order valence-corrected chi connectivity index (χ2v) is 7.09. The van der Waals surface area contributed by atoms with E-state index in [9.17, 15) is 0 Å². The van der Waals surface area contributed by atoms with Crippen molar-refractivity contribution in [2.75, 3.05) is 13.1 Å². The highest BCUT2D eigenvalue weighted by Gasteiger charge is 2.23. The summed E-state index contributed by atoms with van der Waals surface area (Å²) in [6, 6.07) is 14.6. The number of piperidine rings is 1. The number of likely N-dealkylation sites (tertiary alicyclic amines) is 1. The minimum absolute atomic E-state index is 0.435. The molecule has 0 bridgehead atoms. The molecule has 1 aliphatic rings. The lowest BCUT2D eigenvalue weighted by atomic mass is 9.94. The van der Waals surface area contributed by atoms with Crippen LogP contribution in [-0.2, 0) is 6.54 Å². The van der Waals surface area contributed by atoms with Gasteiger partial charge in [-0.25, -0.2) is 4.98 Å². The minimum atomic E-state index is 0.435. The van der Waals surface area contributed by atoms with E-state index in [1.807, 2.05) is 24.7 Å². The highest BCUT2D eigenvalue weighted by Crippen LogP contribution is 2.27. The van der Waals surface area contributed by atoms with Crippen molar-refractivity contribution in [3.63, 3.8) is 0 Å². The smallest absolute Gasteiger partial charge is 0.0888 e. The van der Waals surface area contributed by atoms with E-state index >= 15 is 0 Å². The van der Waals surface area contributed by atoms with Crippen LogP contribution in [0, 0.1) is 6.92 Å². The van der Waals surface area contributed by atoms with E-state index in [1.54, 1.807) is 0 Å². The van der Waals surface area contributed by atoms with Crippen LogP contribution < -0.4 is 0 Å². The Morgan fingerprint density at radius 3 is 2.92 bits per heavy atom. The van der Waals surface area contributed by atoms with Gasteiger partial charge in [-0.3, -0.25) is 14.9 Å². The van der Waals surface area contributed by atoms with E-state index in [4.69, 9.17) is 4.98 Å². The molecule has 1 fully saturated rings. The molecule has 4 nitrogen and oxygen atoms in total. The fraction of sp³-hybridized carbons (Fsp3) is 0.318. The fourth-order valence-corrected chi connectivity index (χ4v) is 3.68. The molecule has 3 heterocycles. The summed E-state index contributed by atoms with van der Waals surface area (Å²) in [6.07, 6.45) is 8.03. The molecule has 4 heteroatoms. The Bertz CT molecular complexity index is 863. The quantitative estimate of drug-likeness (QED) is 0.710. The van der Waals surface area contributed by atoms with Crippen LogP contribution in [0.2, 0.25) is 0 Å². The van der Waals surface area contributed by atoms with E-state index in [2.05, 4.69) is 58.2 Å². The van der Waals surface area contributed by atoms with Crippen molar-refractivity contribution in [1.29, 1.82) is 0 Å². The number of pyridine rings is 1. The van der Waals surface area contributed by atoms with Gasteiger partial charge in [0.25, 0.3) is 0 Å². The molecule has 0 aliphatic carbocycles. The Hall–Kier alpha value is -2.59. The van der Waals surface area contributed by atoms with Gasteiger partial charge in [0.15, 0.2) is 0 Å². The molecular formula is C22H24N4. The molecule has 0 radical (unpaired) electrons. The van der Waals surface area contributed by atoms with Crippen molar-refractivity contribution in [1.82, 2.24) is 19.9 Å². The van der Waals surface area contributed by atoms with Crippen molar-refractivity contribution < 1.29 is 0 Å². The number of hydrogen-bond acceptors (Lipinski definition) is 4. The van der Waals surface area contributed by atoms with Crippen LogP contribution in [0.4, 0.5) is 0 Å². The van der Waals surface area contributed by atoms with Crippen LogP contribution in [0.5, 0.6) is 0 Å². The van der Waals surface area contributed by atoms with Gasteiger partial charge in [0.05, 0.1) is 23.3 Å². The first-order valence-electron chi connectivity index (χ1n) is 9.29. The number of nitrogens with zero attached hydrogens (tertiary/aromatic N) is 4. The van der Waals surface area contributed by atoms with Gasteiger partial charge in [-0.1, -0.05) is 29.8 Å². The van der Waals surface area contributed by atoms with Crippen molar-refractivity contribution in [3.05, 3.63) is 78.0 Å². The van der Waals surface area contributed by atoms with E-state index in [-0.39, 0.29) is 0 Å². The third-order valence-electron chi connectivity index (χ3n) is 5.00. The van der Waals surface area contributed by atoms with Crippen molar-refractivity contribution >= 4 is 0 Å². The zero-order chi connectivity index (χ0) is 17.8. The maximum absolute atomic E-state index is 4.94.